The van der Waals surface area contributed by atoms with E-state index in [-0.39, 0.29) is 23.9 Å². The number of nitrogens with zero attached hydrogens (tertiary/aromatic N) is 1. The molecular formula is C28H19BrClNO4S2. The first-order valence-electron chi connectivity index (χ1n) is 11.3. The monoisotopic (exact) mass is 611 g/mol. The summed E-state index contributed by atoms with van der Waals surface area (Å²) in [4.78, 5) is 40.2. The molecular weight excluding hydrogens is 594 g/mol. The lowest BCUT2D eigenvalue weighted by molar-refractivity contribution is 0.0530. The van der Waals surface area contributed by atoms with Crippen LogP contribution in [0, 0.1) is 0 Å². The van der Waals surface area contributed by atoms with Crippen LogP contribution in [0.25, 0.3) is 16.4 Å². The van der Waals surface area contributed by atoms with Crippen LogP contribution in [-0.4, -0.2) is 34.3 Å². The van der Waals surface area contributed by atoms with Crippen LogP contribution in [0.3, 0.4) is 0 Å². The highest BCUT2D eigenvalue weighted by molar-refractivity contribution is 9.10. The van der Waals surface area contributed by atoms with E-state index in [9.17, 15) is 14.4 Å². The van der Waals surface area contributed by atoms with E-state index >= 15 is 0 Å². The quantitative estimate of drug-likeness (QED) is 0.101. The van der Waals surface area contributed by atoms with E-state index < -0.39 is 5.97 Å². The highest BCUT2D eigenvalue weighted by Gasteiger charge is 2.29. The number of thiophene rings is 1. The van der Waals surface area contributed by atoms with Crippen LogP contribution in [-0.2, 0) is 4.74 Å². The van der Waals surface area contributed by atoms with Gasteiger partial charge in [0.2, 0.25) is 5.78 Å². The maximum atomic E-state index is 13.7. The number of aromatic nitrogens is 1. The van der Waals surface area contributed by atoms with E-state index in [1.54, 1.807) is 43.3 Å². The van der Waals surface area contributed by atoms with Crippen molar-refractivity contribution in [3.63, 3.8) is 0 Å². The Balaban J connectivity index is 1.66. The number of thioether (sulfide) groups is 1. The Hall–Kier alpha value is -2.91. The van der Waals surface area contributed by atoms with Crippen molar-refractivity contribution in [2.45, 2.75) is 11.1 Å². The van der Waals surface area contributed by atoms with Crippen LogP contribution in [0.5, 0.6) is 0 Å². The van der Waals surface area contributed by atoms with Crippen LogP contribution in [0.15, 0.2) is 81.6 Å². The predicted molar refractivity (Wildman–Crippen MR) is 153 cm³/mol. The molecule has 5 nitrogen and oxygen atoms in total. The first-order chi connectivity index (χ1) is 17.9. The highest BCUT2D eigenvalue weighted by Crippen LogP contribution is 2.44. The molecule has 0 amide bonds. The largest absolute Gasteiger partial charge is 0.462 e. The molecule has 186 valence electrons. The van der Waals surface area contributed by atoms with E-state index in [1.807, 2.05) is 40.9 Å². The number of halogens is 2. The highest BCUT2D eigenvalue weighted by atomic mass is 79.9. The molecule has 0 atom stereocenters. The van der Waals surface area contributed by atoms with Crippen molar-refractivity contribution in [3.8, 4) is 0 Å². The molecule has 0 saturated carbocycles. The Morgan fingerprint density at radius 3 is 2.41 bits per heavy atom. The van der Waals surface area contributed by atoms with Gasteiger partial charge in [-0.15, -0.1) is 23.1 Å². The van der Waals surface area contributed by atoms with Gasteiger partial charge in [-0.3, -0.25) is 9.59 Å². The van der Waals surface area contributed by atoms with Gasteiger partial charge in [0.15, 0.2) is 5.78 Å². The fourth-order valence-electron chi connectivity index (χ4n) is 4.07. The van der Waals surface area contributed by atoms with Crippen molar-refractivity contribution < 1.29 is 19.1 Å². The number of pyridine rings is 1. The third kappa shape index (κ3) is 4.99. The van der Waals surface area contributed by atoms with Crippen molar-refractivity contribution in [2.24, 2.45) is 0 Å². The standard InChI is InChI=1S/C28H19BrClNO4S2/c1-2-35-27(34)22-20-5-3-4-14-31(20)24-23(22)26(25(33)17-8-12-19(30)13-9-17)37-28(24)36-15-21(32)16-6-10-18(29)11-7-16/h3-14H,2,15H2,1H3. The van der Waals surface area contributed by atoms with Crippen LogP contribution in [0.1, 0.15) is 42.9 Å². The summed E-state index contributed by atoms with van der Waals surface area (Å²) in [7, 11) is 0. The van der Waals surface area contributed by atoms with Gasteiger partial charge >= 0.3 is 5.97 Å². The summed E-state index contributed by atoms with van der Waals surface area (Å²) in [5.74, 6) is -0.567. The number of ether oxygens (including phenoxy) is 1. The first kappa shape index (κ1) is 25.7. The Bertz CT molecular complexity index is 1660. The Morgan fingerprint density at radius 1 is 1.00 bits per heavy atom. The van der Waals surface area contributed by atoms with Crippen molar-refractivity contribution in [1.29, 1.82) is 0 Å². The number of fused-ring (bicyclic) bond motifs is 3. The summed E-state index contributed by atoms with van der Waals surface area (Å²) in [5, 5.41) is 1.06. The minimum Gasteiger partial charge on any atom is -0.462 e. The van der Waals surface area contributed by atoms with Gasteiger partial charge < -0.3 is 9.14 Å². The van der Waals surface area contributed by atoms with Gasteiger partial charge in [-0.2, -0.15) is 0 Å². The molecule has 37 heavy (non-hydrogen) atoms. The molecule has 5 rings (SSSR count). The summed E-state index contributed by atoms with van der Waals surface area (Å²) in [6.07, 6.45) is 1.85. The van der Waals surface area contributed by atoms with Crippen LogP contribution >= 0.6 is 50.6 Å². The third-order valence-electron chi connectivity index (χ3n) is 5.75. The molecule has 9 heteroatoms. The molecule has 2 aromatic carbocycles. The molecule has 0 N–H and O–H groups in total. The van der Waals surface area contributed by atoms with E-state index in [0.29, 0.717) is 37.5 Å². The summed E-state index contributed by atoms with van der Waals surface area (Å²) < 4.78 is 8.95. The summed E-state index contributed by atoms with van der Waals surface area (Å²) in [6.45, 7) is 1.95. The van der Waals surface area contributed by atoms with Gasteiger partial charge in [-0.05, 0) is 55.5 Å². The van der Waals surface area contributed by atoms with Crippen molar-refractivity contribution in [3.05, 3.63) is 104 Å². The van der Waals surface area contributed by atoms with Gasteiger partial charge in [-0.25, -0.2) is 4.79 Å². The number of hydrogen-bond donors (Lipinski definition) is 0. The fourth-order valence-corrected chi connectivity index (χ4v) is 6.89. The number of esters is 1. The lowest BCUT2D eigenvalue weighted by Gasteiger charge is -2.04. The molecule has 0 spiro atoms. The van der Waals surface area contributed by atoms with E-state index in [0.717, 1.165) is 14.2 Å². The Kier molecular flexibility index (Phi) is 7.53. The van der Waals surface area contributed by atoms with Crippen LogP contribution in [0.4, 0.5) is 0 Å². The molecule has 0 aliphatic rings. The molecule has 0 fully saturated rings. The number of Topliss-reactive ketones (excluding diaryl/α,β-unsaturated/α-hetero) is 1. The lowest BCUT2D eigenvalue weighted by atomic mass is 10.1. The second-order valence-electron chi connectivity index (χ2n) is 8.05. The molecule has 3 aromatic heterocycles. The average Bonchev–Trinajstić information content (AvgIpc) is 3.43. The summed E-state index contributed by atoms with van der Waals surface area (Å²) in [6, 6.07) is 19.4. The fraction of sp³-hybridized carbons (Fsp3) is 0.107. The summed E-state index contributed by atoms with van der Waals surface area (Å²) in [5.41, 5.74) is 2.77. The van der Waals surface area contributed by atoms with E-state index in [4.69, 9.17) is 16.3 Å². The average molecular weight is 613 g/mol. The number of carbonyl (C=O) groups excluding carboxylic acids is 3. The minimum absolute atomic E-state index is 0.0314. The van der Waals surface area contributed by atoms with Crippen LogP contribution in [0.2, 0.25) is 5.02 Å². The second-order valence-corrected chi connectivity index (χ2v) is 11.7. The summed E-state index contributed by atoms with van der Waals surface area (Å²) >= 11 is 12.1. The molecule has 5 aromatic rings. The number of rotatable bonds is 8. The normalized spacial score (nSPS) is 11.2. The lowest BCUT2D eigenvalue weighted by Crippen LogP contribution is -2.06. The zero-order valence-corrected chi connectivity index (χ0v) is 23.5. The maximum absolute atomic E-state index is 13.7. The minimum atomic E-state index is -0.494. The Labute approximate surface area is 234 Å². The second kappa shape index (κ2) is 10.8. The maximum Gasteiger partial charge on any atom is 0.341 e. The Morgan fingerprint density at radius 2 is 1.70 bits per heavy atom. The molecule has 0 bridgehead atoms. The van der Waals surface area contributed by atoms with Gasteiger partial charge in [0.25, 0.3) is 0 Å². The van der Waals surface area contributed by atoms with Crippen molar-refractivity contribution in [1.82, 2.24) is 4.40 Å². The molecule has 0 unspecified atom stereocenters. The number of ketones is 2. The first-order valence-corrected chi connectivity index (χ1v) is 14.3. The molecule has 0 aliphatic carbocycles. The number of benzene rings is 2. The molecule has 0 radical (unpaired) electrons. The van der Waals surface area contributed by atoms with E-state index in [2.05, 4.69) is 15.9 Å². The number of hydrogen-bond acceptors (Lipinski definition) is 6. The smallest absolute Gasteiger partial charge is 0.341 e. The number of carbonyl (C=O) groups is 3. The van der Waals surface area contributed by atoms with Crippen molar-refractivity contribution in [2.75, 3.05) is 12.4 Å². The molecule has 0 saturated heterocycles. The van der Waals surface area contributed by atoms with Gasteiger partial charge in [0.1, 0.15) is 0 Å². The predicted octanol–water partition coefficient (Wildman–Crippen LogP) is 7.95. The van der Waals surface area contributed by atoms with Crippen LogP contribution < -0.4 is 0 Å². The SMILES string of the molecule is CCOC(=O)c1c2c(C(=O)c3ccc(Cl)cc3)sc(SCC(=O)c3ccc(Br)cc3)c2n2ccccc12. The zero-order chi connectivity index (χ0) is 26.1. The van der Waals surface area contributed by atoms with Gasteiger partial charge in [0.05, 0.1) is 38.0 Å². The topological polar surface area (TPSA) is 64.9 Å². The van der Waals surface area contributed by atoms with E-state index in [1.165, 1.54) is 23.1 Å². The zero-order valence-electron chi connectivity index (χ0n) is 19.5. The van der Waals surface area contributed by atoms with Gasteiger partial charge in [0, 0.05) is 32.2 Å². The van der Waals surface area contributed by atoms with Gasteiger partial charge in [-0.1, -0.05) is 45.7 Å². The molecule has 0 aliphatic heterocycles. The third-order valence-corrected chi connectivity index (χ3v) is 8.97. The van der Waals surface area contributed by atoms with Crippen molar-refractivity contribution >= 4 is 84.6 Å². The molecule has 3 heterocycles.